The van der Waals surface area contributed by atoms with Crippen molar-refractivity contribution in [1.82, 2.24) is 4.98 Å². The van der Waals surface area contributed by atoms with Crippen LogP contribution in [0.3, 0.4) is 0 Å². The highest BCUT2D eigenvalue weighted by atomic mass is 35.5. The van der Waals surface area contributed by atoms with Crippen LogP contribution in [0.2, 0.25) is 5.02 Å². The zero-order valence-corrected chi connectivity index (χ0v) is 20.8. The number of carbonyl (C=O) groups excluding carboxylic acids is 1. The van der Waals surface area contributed by atoms with E-state index in [0.717, 1.165) is 32.5 Å². The third-order valence-corrected chi connectivity index (χ3v) is 6.50. The number of rotatable bonds is 8. The van der Waals surface area contributed by atoms with Crippen molar-refractivity contribution in [3.05, 3.63) is 63.6 Å². The van der Waals surface area contributed by atoms with Crippen LogP contribution >= 0.6 is 22.9 Å². The number of hydrogen-bond acceptors (Lipinski definition) is 6. The SMILES string of the molecule is CCOC(=O)C(C)(C)Oc1ccc(OC(C)c2sc(-c3ccc(Cl)cc3)nc2C)cc1C. The Morgan fingerprint density at radius 3 is 2.47 bits per heavy atom. The lowest BCUT2D eigenvalue weighted by atomic mass is 10.1. The minimum absolute atomic E-state index is 0.171. The van der Waals surface area contributed by atoms with E-state index in [9.17, 15) is 4.79 Å². The molecule has 1 heterocycles. The van der Waals surface area contributed by atoms with Gasteiger partial charge in [-0.3, -0.25) is 0 Å². The lowest BCUT2D eigenvalue weighted by molar-refractivity contribution is -0.158. The van der Waals surface area contributed by atoms with Crippen LogP contribution in [0.5, 0.6) is 11.5 Å². The molecule has 1 unspecified atom stereocenters. The van der Waals surface area contributed by atoms with E-state index >= 15 is 0 Å². The van der Waals surface area contributed by atoms with Gasteiger partial charge in [0.1, 0.15) is 22.6 Å². The molecule has 0 saturated heterocycles. The molecular weight excluding hydrogens is 446 g/mol. The fourth-order valence-corrected chi connectivity index (χ4v) is 4.37. The second kappa shape index (κ2) is 9.92. The van der Waals surface area contributed by atoms with Crippen molar-refractivity contribution in [3.8, 4) is 22.1 Å². The molecule has 3 rings (SSSR count). The van der Waals surface area contributed by atoms with Crippen molar-refractivity contribution in [1.29, 1.82) is 0 Å². The van der Waals surface area contributed by atoms with E-state index in [4.69, 9.17) is 30.8 Å². The summed E-state index contributed by atoms with van der Waals surface area (Å²) in [5, 5.41) is 1.64. The zero-order chi connectivity index (χ0) is 23.5. The van der Waals surface area contributed by atoms with Crippen molar-refractivity contribution in [3.63, 3.8) is 0 Å². The van der Waals surface area contributed by atoms with Crippen LogP contribution in [-0.4, -0.2) is 23.2 Å². The van der Waals surface area contributed by atoms with Crippen LogP contribution in [0.1, 0.15) is 49.9 Å². The number of hydrogen-bond donors (Lipinski definition) is 0. The fraction of sp³-hybridized carbons (Fsp3) is 0.360. The van der Waals surface area contributed by atoms with Crippen LogP contribution in [-0.2, 0) is 9.53 Å². The van der Waals surface area contributed by atoms with Gasteiger partial charge in [-0.2, -0.15) is 0 Å². The molecule has 7 heteroatoms. The molecule has 0 fully saturated rings. The molecule has 0 radical (unpaired) electrons. The fourth-order valence-electron chi connectivity index (χ4n) is 3.19. The molecule has 0 N–H and O–H groups in total. The van der Waals surface area contributed by atoms with Gasteiger partial charge < -0.3 is 14.2 Å². The monoisotopic (exact) mass is 473 g/mol. The quantitative estimate of drug-likeness (QED) is 0.331. The summed E-state index contributed by atoms with van der Waals surface area (Å²) < 4.78 is 17.2. The topological polar surface area (TPSA) is 57.7 Å². The molecule has 5 nitrogen and oxygen atoms in total. The summed E-state index contributed by atoms with van der Waals surface area (Å²) in [5.74, 6) is 0.935. The summed E-state index contributed by atoms with van der Waals surface area (Å²) >= 11 is 7.61. The second-order valence-corrected chi connectivity index (χ2v) is 9.46. The predicted molar refractivity (Wildman–Crippen MR) is 129 cm³/mol. The Kier molecular flexibility index (Phi) is 7.47. The molecule has 0 spiro atoms. The third-order valence-electron chi connectivity index (χ3n) is 4.88. The Labute approximate surface area is 198 Å². The van der Waals surface area contributed by atoms with Crippen LogP contribution < -0.4 is 9.47 Å². The number of nitrogens with zero attached hydrogens (tertiary/aromatic N) is 1. The van der Waals surface area contributed by atoms with Gasteiger partial charge in [0.25, 0.3) is 0 Å². The largest absolute Gasteiger partial charge is 0.485 e. The molecule has 0 bridgehead atoms. The lowest BCUT2D eigenvalue weighted by Gasteiger charge is -2.25. The highest BCUT2D eigenvalue weighted by molar-refractivity contribution is 7.15. The van der Waals surface area contributed by atoms with Crippen LogP contribution in [0.15, 0.2) is 42.5 Å². The van der Waals surface area contributed by atoms with E-state index in [1.807, 2.05) is 63.2 Å². The first kappa shape index (κ1) is 24.1. The number of aryl methyl sites for hydroxylation is 2. The molecule has 170 valence electrons. The van der Waals surface area contributed by atoms with Gasteiger partial charge in [0.2, 0.25) is 0 Å². The number of aromatic nitrogens is 1. The molecule has 1 atom stereocenters. The number of benzene rings is 2. The predicted octanol–water partition coefficient (Wildman–Crippen LogP) is 6.94. The lowest BCUT2D eigenvalue weighted by Crippen LogP contribution is -2.39. The average molecular weight is 474 g/mol. The van der Waals surface area contributed by atoms with E-state index in [1.54, 1.807) is 32.1 Å². The van der Waals surface area contributed by atoms with Gasteiger partial charge in [0, 0.05) is 10.6 Å². The van der Waals surface area contributed by atoms with E-state index in [0.29, 0.717) is 17.4 Å². The van der Waals surface area contributed by atoms with Gasteiger partial charge in [-0.15, -0.1) is 11.3 Å². The highest BCUT2D eigenvalue weighted by Crippen LogP contribution is 2.35. The summed E-state index contributed by atoms with van der Waals surface area (Å²) in [6, 6.07) is 13.2. The normalized spacial score (nSPS) is 12.3. The Balaban J connectivity index is 1.73. The molecule has 32 heavy (non-hydrogen) atoms. The molecule has 0 amide bonds. The second-order valence-electron chi connectivity index (χ2n) is 8.00. The van der Waals surface area contributed by atoms with Crippen LogP contribution in [0, 0.1) is 13.8 Å². The Morgan fingerprint density at radius 1 is 1.16 bits per heavy atom. The maximum absolute atomic E-state index is 12.1. The zero-order valence-electron chi connectivity index (χ0n) is 19.2. The first-order valence-corrected chi connectivity index (χ1v) is 11.7. The first-order chi connectivity index (χ1) is 15.1. The third kappa shape index (κ3) is 5.61. The van der Waals surface area contributed by atoms with Crippen molar-refractivity contribution < 1.29 is 19.0 Å². The maximum atomic E-state index is 12.1. The standard InChI is InChI=1S/C25H28ClNO4S/c1-7-29-24(28)25(5,6)31-21-13-12-20(14-15(21)2)30-17(4)22-16(3)27-23(32-22)18-8-10-19(26)11-9-18/h8-14,17H,7H2,1-6H3. The van der Waals surface area contributed by atoms with E-state index in [1.165, 1.54) is 0 Å². The average Bonchev–Trinajstić information content (AvgIpc) is 3.12. The summed E-state index contributed by atoms with van der Waals surface area (Å²) in [7, 11) is 0. The van der Waals surface area contributed by atoms with Gasteiger partial charge in [-0.25, -0.2) is 9.78 Å². The van der Waals surface area contributed by atoms with E-state index in [-0.39, 0.29) is 6.10 Å². The van der Waals surface area contributed by atoms with Gasteiger partial charge in [0.15, 0.2) is 5.60 Å². The Bertz CT molecular complexity index is 1090. The molecule has 0 aliphatic rings. The summed E-state index contributed by atoms with van der Waals surface area (Å²) in [6.07, 6.45) is -0.171. The number of halogens is 1. The van der Waals surface area contributed by atoms with Gasteiger partial charge in [-0.05, 0) is 77.4 Å². The van der Waals surface area contributed by atoms with Crippen molar-refractivity contribution >= 4 is 28.9 Å². The van der Waals surface area contributed by atoms with Gasteiger partial charge in [-0.1, -0.05) is 23.7 Å². The van der Waals surface area contributed by atoms with Gasteiger partial charge >= 0.3 is 5.97 Å². The first-order valence-electron chi connectivity index (χ1n) is 10.5. The number of esters is 1. The smallest absolute Gasteiger partial charge is 0.349 e. The summed E-state index contributed by atoms with van der Waals surface area (Å²) in [6.45, 7) is 11.4. The minimum atomic E-state index is -1.08. The number of thiazole rings is 1. The van der Waals surface area contributed by atoms with E-state index < -0.39 is 11.6 Å². The molecule has 0 saturated carbocycles. The highest BCUT2D eigenvalue weighted by Gasteiger charge is 2.32. The maximum Gasteiger partial charge on any atom is 0.349 e. The van der Waals surface area contributed by atoms with Gasteiger partial charge in [0.05, 0.1) is 17.2 Å². The van der Waals surface area contributed by atoms with Crippen LogP contribution in [0.4, 0.5) is 0 Å². The van der Waals surface area contributed by atoms with Crippen LogP contribution in [0.25, 0.3) is 10.6 Å². The van der Waals surface area contributed by atoms with Crippen molar-refractivity contribution in [2.45, 2.75) is 53.2 Å². The molecule has 3 aromatic rings. The number of carbonyl (C=O) groups is 1. The van der Waals surface area contributed by atoms with Crippen molar-refractivity contribution in [2.24, 2.45) is 0 Å². The van der Waals surface area contributed by atoms with Crippen molar-refractivity contribution in [2.75, 3.05) is 6.61 Å². The Morgan fingerprint density at radius 2 is 1.84 bits per heavy atom. The molecule has 2 aromatic carbocycles. The Hall–Kier alpha value is -2.57. The minimum Gasteiger partial charge on any atom is -0.485 e. The molecule has 1 aromatic heterocycles. The number of ether oxygens (including phenoxy) is 3. The summed E-state index contributed by atoms with van der Waals surface area (Å²) in [5.41, 5.74) is 1.77. The van der Waals surface area contributed by atoms with E-state index in [2.05, 4.69) is 0 Å². The molecular formula is C25H28ClNO4S. The molecule has 0 aliphatic carbocycles. The summed E-state index contributed by atoms with van der Waals surface area (Å²) in [4.78, 5) is 17.9. The molecule has 0 aliphatic heterocycles.